The van der Waals surface area contributed by atoms with Crippen LogP contribution in [-0.2, 0) is 10.8 Å². The van der Waals surface area contributed by atoms with Crippen LogP contribution in [0.3, 0.4) is 0 Å². The highest BCUT2D eigenvalue weighted by Gasteiger charge is 2.08. The van der Waals surface area contributed by atoms with Crippen molar-refractivity contribution in [2.75, 3.05) is 18.6 Å². The Bertz CT molecular complexity index is 398. The summed E-state index contributed by atoms with van der Waals surface area (Å²) < 4.78 is 13.1. The van der Waals surface area contributed by atoms with Crippen molar-refractivity contribution < 1.29 is 4.21 Å². The first-order valence-electron chi connectivity index (χ1n) is 5.49. The summed E-state index contributed by atoms with van der Waals surface area (Å²) in [5.74, 6) is 0.765. The highest BCUT2D eigenvalue weighted by molar-refractivity contribution is 9.11. The number of benzene rings is 1. The zero-order valence-electron chi connectivity index (χ0n) is 10.0. The van der Waals surface area contributed by atoms with E-state index in [2.05, 4.69) is 56.2 Å². The van der Waals surface area contributed by atoms with Crippen LogP contribution in [0, 0.1) is 0 Å². The number of hydrogen-bond acceptors (Lipinski definition) is 2. The maximum absolute atomic E-state index is 10.9. The second kappa shape index (κ2) is 7.67. The summed E-state index contributed by atoms with van der Waals surface area (Å²) >= 11 is 7.00. The molecule has 2 atom stereocenters. The summed E-state index contributed by atoms with van der Waals surface area (Å²) in [6.45, 7) is 3.03. The molecule has 0 bridgehead atoms. The van der Waals surface area contributed by atoms with Gasteiger partial charge in [-0.1, -0.05) is 37.9 Å². The Kier molecular flexibility index (Phi) is 6.92. The molecule has 17 heavy (non-hydrogen) atoms. The van der Waals surface area contributed by atoms with Gasteiger partial charge in [0, 0.05) is 37.8 Å². The summed E-state index contributed by atoms with van der Waals surface area (Å²) in [5, 5.41) is 3.43. The van der Waals surface area contributed by atoms with Crippen LogP contribution in [0.4, 0.5) is 0 Å². The number of rotatable bonds is 6. The Morgan fingerprint density at radius 1 is 1.41 bits per heavy atom. The molecule has 96 valence electrons. The predicted octanol–water partition coefficient (Wildman–Crippen LogP) is 3.63. The Morgan fingerprint density at radius 3 is 2.71 bits per heavy atom. The van der Waals surface area contributed by atoms with Gasteiger partial charge in [-0.2, -0.15) is 0 Å². The van der Waals surface area contributed by atoms with Gasteiger partial charge < -0.3 is 5.32 Å². The van der Waals surface area contributed by atoms with E-state index in [9.17, 15) is 4.21 Å². The summed E-state index contributed by atoms with van der Waals surface area (Å²) in [7, 11) is -0.688. The van der Waals surface area contributed by atoms with Gasteiger partial charge in [0.15, 0.2) is 0 Å². The molecule has 1 rings (SSSR count). The Hall–Kier alpha value is 0.290. The normalized spacial score (nSPS) is 14.6. The third kappa shape index (κ3) is 5.64. The van der Waals surface area contributed by atoms with E-state index >= 15 is 0 Å². The molecule has 1 aromatic carbocycles. The van der Waals surface area contributed by atoms with Crippen LogP contribution in [0.25, 0.3) is 0 Å². The van der Waals surface area contributed by atoms with Gasteiger partial charge in [-0.3, -0.25) is 4.21 Å². The molecule has 0 aliphatic carbocycles. The molecule has 0 aliphatic heterocycles. The minimum absolute atomic E-state index is 0.294. The van der Waals surface area contributed by atoms with Crippen LogP contribution in [-0.4, -0.2) is 22.8 Å². The zero-order valence-corrected chi connectivity index (χ0v) is 14.0. The molecule has 1 aromatic rings. The van der Waals surface area contributed by atoms with Crippen molar-refractivity contribution in [3.05, 3.63) is 32.7 Å². The SMILES string of the molecule is CC(NCCCS(C)=O)c1ccc(Br)cc1Br. The standard InChI is InChI=1S/C12H17Br2NOS/c1-9(15-6-3-7-17(2)16)11-5-4-10(13)8-12(11)14/h4-5,8-9,15H,3,6-7H2,1-2H3. The van der Waals surface area contributed by atoms with Gasteiger partial charge in [0.2, 0.25) is 0 Å². The van der Waals surface area contributed by atoms with Gasteiger partial charge in [0.05, 0.1) is 0 Å². The quantitative estimate of drug-likeness (QED) is 0.761. The number of hydrogen-bond donors (Lipinski definition) is 1. The third-order valence-electron chi connectivity index (χ3n) is 2.49. The van der Waals surface area contributed by atoms with Crippen molar-refractivity contribution >= 4 is 42.7 Å². The van der Waals surface area contributed by atoms with Crippen molar-refractivity contribution in [3.8, 4) is 0 Å². The average molecular weight is 383 g/mol. The molecule has 0 saturated carbocycles. The maximum Gasteiger partial charge on any atom is 0.0302 e. The molecule has 2 unspecified atom stereocenters. The minimum atomic E-state index is -0.688. The number of halogens is 2. The second-order valence-corrected chi connectivity index (χ2v) is 7.30. The zero-order chi connectivity index (χ0) is 12.8. The van der Waals surface area contributed by atoms with Crippen LogP contribution < -0.4 is 5.32 Å². The largest absolute Gasteiger partial charge is 0.310 e. The van der Waals surface area contributed by atoms with Crippen LogP contribution in [0.2, 0.25) is 0 Å². The lowest BCUT2D eigenvalue weighted by molar-refractivity contribution is 0.569. The molecule has 0 amide bonds. The van der Waals surface area contributed by atoms with Crippen molar-refractivity contribution in [1.82, 2.24) is 5.32 Å². The van der Waals surface area contributed by atoms with E-state index in [0.29, 0.717) is 6.04 Å². The van der Waals surface area contributed by atoms with E-state index in [-0.39, 0.29) is 0 Å². The summed E-state index contributed by atoms with van der Waals surface area (Å²) in [4.78, 5) is 0. The molecule has 0 aliphatic rings. The summed E-state index contributed by atoms with van der Waals surface area (Å²) in [5.41, 5.74) is 1.24. The summed E-state index contributed by atoms with van der Waals surface area (Å²) in [6.07, 6.45) is 2.69. The van der Waals surface area contributed by atoms with E-state index in [1.54, 1.807) is 6.26 Å². The minimum Gasteiger partial charge on any atom is -0.310 e. The Balaban J connectivity index is 2.46. The maximum atomic E-state index is 10.9. The van der Waals surface area contributed by atoms with Gasteiger partial charge in [-0.15, -0.1) is 0 Å². The molecular formula is C12H17Br2NOS. The smallest absolute Gasteiger partial charge is 0.0302 e. The van der Waals surface area contributed by atoms with Gasteiger partial charge in [-0.25, -0.2) is 0 Å². The highest BCUT2D eigenvalue weighted by atomic mass is 79.9. The van der Waals surface area contributed by atoms with Gasteiger partial charge in [0.25, 0.3) is 0 Å². The lowest BCUT2D eigenvalue weighted by atomic mass is 10.1. The molecule has 0 fully saturated rings. The van der Waals surface area contributed by atoms with E-state index < -0.39 is 10.8 Å². The van der Waals surface area contributed by atoms with Crippen LogP contribution >= 0.6 is 31.9 Å². The van der Waals surface area contributed by atoms with Crippen LogP contribution in [0.1, 0.15) is 24.9 Å². The van der Waals surface area contributed by atoms with E-state index in [1.807, 2.05) is 6.07 Å². The molecule has 0 radical (unpaired) electrons. The highest BCUT2D eigenvalue weighted by Crippen LogP contribution is 2.26. The van der Waals surface area contributed by atoms with E-state index in [4.69, 9.17) is 0 Å². The topological polar surface area (TPSA) is 29.1 Å². The second-order valence-electron chi connectivity index (χ2n) is 3.97. The Labute approximate surface area is 122 Å². The molecule has 0 aromatic heterocycles. The summed E-state index contributed by atoms with van der Waals surface area (Å²) in [6, 6.07) is 6.49. The first-order valence-corrected chi connectivity index (χ1v) is 8.80. The van der Waals surface area contributed by atoms with Crippen molar-refractivity contribution in [2.24, 2.45) is 0 Å². The van der Waals surface area contributed by atoms with E-state index in [0.717, 1.165) is 27.7 Å². The molecule has 0 heterocycles. The molecule has 0 spiro atoms. The fraction of sp³-hybridized carbons (Fsp3) is 0.500. The van der Waals surface area contributed by atoms with Gasteiger partial charge in [0.1, 0.15) is 0 Å². The molecule has 0 saturated heterocycles. The first kappa shape index (κ1) is 15.3. The lowest BCUT2D eigenvalue weighted by Crippen LogP contribution is -2.21. The van der Waals surface area contributed by atoms with Crippen LogP contribution in [0.5, 0.6) is 0 Å². The van der Waals surface area contributed by atoms with Gasteiger partial charge in [-0.05, 0) is 37.6 Å². The lowest BCUT2D eigenvalue weighted by Gasteiger charge is -2.15. The van der Waals surface area contributed by atoms with Gasteiger partial charge >= 0.3 is 0 Å². The third-order valence-corrected chi connectivity index (χ3v) is 4.53. The van der Waals surface area contributed by atoms with E-state index in [1.165, 1.54) is 5.56 Å². The Morgan fingerprint density at radius 2 is 2.12 bits per heavy atom. The number of nitrogens with one attached hydrogen (secondary N) is 1. The van der Waals surface area contributed by atoms with Crippen molar-refractivity contribution in [3.63, 3.8) is 0 Å². The molecule has 1 N–H and O–H groups in total. The van der Waals surface area contributed by atoms with Crippen molar-refractivity contribution in [2.45, 2.75) is 19.4 Å². The van der Waals surface area contributed by atoms with Crippen molar-refractivity contribution in [1.29, 1.82) is 0 Å². The average Bonchev–Trinajstić information content (AvgIpc) is 2.23. The van der Waals surface area contributed by atoms with Crippen LogP contribution in [0.15, 0.2) is 27.1 Å². The molecule has 2 nitrogen and oxygen atoms in total. The molecule has 5 heteroatoms. The predicted molar refractivity (Wildman–Crippen MR) is 81.8 cm³/mol. The first-order chi connectivity index (χ1) is 8.00. The fourth-order valence-electron chi connectivity index (χ4n) is 1.56. The monoisotopic (exact) mass is 381 g/mol. The molecular weight excluding hydrogens is 366 g/mol. The fourth-order valence-corrected chi connectivity index (χ4v) is 3.50.